The van der Waals surface area contributed by atoms with Crippen LogP contribution in [0, 0.1) is 11.6 Å². The van der Waals surface area contributed by atoms with Crippen molar-refractivity contribution in [1.82, 2.24) is 15.5 Å². The van der Waals surface area contributed by atoms with E-state index in [-0.39, 0.29) is 17.5 Å². The van der Waals surface area contributed by atoms with Gasteiger partial charge in [0.15, 0.2) is 6.10 Å². The quantitative estimate of drug-likeness (QED) is 0.405. The molecule has 39 heavy (non-hydrogen) atoms. The maximum atomic E-state index is 13.7. The van der Waals surface area contributed by atoms with Crippen molar-refractivity contribution in [3.8, 4) is 0 Å². The highest BCUT2D eigenvalue weighted by Gasteiger charge is 2.37. The van der Waals surface area contributed by atoms with Crippen molar-refractivity contribution in [3.05, 3.63) is 119 Å². The molecule has 1 heterocycles. The van der Waals surface area contributed by atoms with Crippen molar-refractivity contribution in [2.24, 2.45) is 0 Å². The Morgan fingerprint density at radius 1 is 0.872 bits per heavy atom. The normalized spacial score (nSPS) is 20.6. The molecule has 0 unspecified atom stereocenters. The van der Waals surface area contributed by atoms with E-state index in [0.717, 1.165) is 23.3 Å². The fraction of sp³-hybridized carbons (Fsp3) is 0.233. The second-order valence-corrected chi connectivity index (χ2v) is 9.45. The summed E-state index contributed by atoms with van der Waals surface area (Å²) < 4.78 is 27.1. The minimum Gasteiger partial charge on any atom is -0.378 e. The fourth-order valence-electron chi connectivity index (χ4n) is 4.61. The first-order valence-electron chi connectivity index (χ1n) is 12.5. The van der Waals surface area contributed by atoms with Crippen LogP contribution in [0.25, 0.3) is 0 Å². The molecule has 9 heteroatoms. The van der Waals surface area contributed by atoms with Gasteiger partial charge in [-0.2, -0.15) is 0 Å². The Bertz CT molecular complexity index is 1350. The lowest BCUT2D eigenvalue weighted by Gasteiger charge is -2.31. The summed E-state index contributed by atoms with van der Waals surface area (Å²) in [5.41, 5.74) is 1.43. The van der Waals surface area contributed by atoms with Crippen LogP contribution in [0.3, 0.4) is 0 Å². The third-order valence-electron chi connectivity index (χ3n) is 6.72. The van der Waals surface area contributed by atoms with Gasteiger partial charge in [-0.1, -0.05) is 72.8 Å². The highest BCUT2D eigenvalue weighted by atomic mass is 19.1. The van der Waals surface area contributed by atoms with Crippen LogP contribution < -0.4 is 10.6 Å². The maximum Gasteiger partial charge on any atom is 0.254 e. The number of carbonyl (C=O) groups excluding carboxylic acids is 3. The van der Waals surface area contributed by atoms with Gasteiger partial charge in [-0.3, -0.25) is 14.4 Å². The van der Waals surface area contributed by atoms with Crippen molar-refractivity contribution in [1.29, 1.82) is 0 Å². The van der Waals surface area contributed by atoms with Crippen molar-refractivity contribution < 1.29 is 28.3 Å². The van der Waals surface area contributed by atoms with Gasteiger partial charge in [0.1, 0.15) is 23.7 Å². The minimum atomic E-state index is -1.90. The molecule has 5 atom stereocenters. The average molecular weight is 534 g/mol. The first kappa shape index (κ1) is 27.7. The Morgan fingerprint density at radius 2 is 1.44 bits per heavy atom. The molecule has 7 nitrogen and oxygen atoms in total. The molecule has 3 amide bonds. The lowest BCUT2D eigenvalue weighted by atomic mass is 9.90. The third kappa shape index (κ3) is 6.38. The summed E-state index contributed by atoms with van der Waals surface area (Å²) in [4.78, 5) is 41.0. The van der Waals surface area contributed by atoms with E-state index in [9.17, 15) is 28.3 Å². The number of aliphatic hydroxyl groups is 1. The van der Waals surface area contributed by atoms with Crippen molar-refractivity contribution in [2.45, 2.75) is 37.1 Å². The van der Waals surface area contributed by atoms with Gasteiger partial charge in [-0.05, 0) is 35.7 Å². The van der Waals surface area contributed by atoms with E-state index >= 15 is 0 Å². The Hall–Kier alpha value is -4.37. The zero-order chi connectivity index (χ0) is 28.1. The van der Waals surface area contributed by atoms with Gasteiger partial charge in [-0.15, -0.1) is 0 Å². The van der Waals surface area contributed by atoms with Crippen molar-refractivity contribution in [2.75, 3.05) is 7.05 Å². The van der Waals surface area contributed by atoms with Crippen LogP contribution in [-0.4, -0.2) is 46.9 Å². The number of nitrogens with one attached hydrogen (secondary N) is 2. The van der Waals surface area contributed by atoms with E-state index in [2.05, 4.69) is 10.6 Å². The zero-order valence-electron chi connectivity index (χ0n) is 21.4. The Kier molecular flexibility index (Phi) is 8.51. The highest BCUT2D eigenvalue weighted by Crippen LogP contribution is 2.32. The number of rotatable bonds is 7. The molecule has 1 aliphatic rings. The molecule has 0 bridgehead atoms. The lowest BCUT2D eigenvalue weighted by Crippen LogP contribution is -2.55. The first-order chi connectivity index (χ1) is 18.7. The molecule has 0 fully saturated rings. The van der Waals surface area contributed by atoms with E-state index < -0.39 is 47.6 Å². The molecule has 202 valence electrons. The van der Waals surface area contributed by atoms with Crippen LogP contribution in [0.15, 0.2) is 91.0 Å². The van der Waals surface area contributed by atoms with Gasteiger partial charge >= 0.3 is 0 Å². The van der Waals surface area contributed by atoms with Crippen LogP contribution in [0.5, 0.6) is 0 Å². The molecular weight excluding hydrogens is 504 g/mol. The summed E-state index contributed by atoms with van der Waals surface area (Å²) >= 11 is 0. The maximum absolute atomic E-state index is 13.7. The van der Waals surface area contributed by atoms with Gasteiger partial charge in [-0.25, -0.2) is 8.78 Å². The topological polar surface area (TPSA) is 98.7 Å². The Labute approximate surface area is 225 Å². The number of likely N-dealkylation sites (N-methyl/N-ethyl adjacent to an activating group) is 1. The van der Waals surface area contributed by atoms with E-state index in [1.807, 2.05) is 72.8 Å². The van der Waals surface area contributed by atoms with E-state index in [1.54, 1.807) is 11.9 Å². The summed E-state index contributed by atoms with van der Waals surface area (Å²) in [6.45, 7) is 1.39. The van der Waals surface area contributed by atoms with E-state index in [4.69, 9.17) is 0 Å². The average Bonchev–Trinajstić information content (AvgIpc) is 3.04. The summed E-state index contributed by atoms with van der Waals surface area (Å²) in [7, 11) is 1.66. The molecule has 4 rings (SSSR count). The number of halogens is 2. The molecular formula is C30H29F2N3O4. The van der Waals surface area contributed by atoms with Gasteiger partial charge in [0, 0.05) is 19.0 Å². The fourth-order valence-corrected chi connectivity index (χ4v) is 4.61. The molecule has 0 saturated carbocycles. The number of amides is 3. The lowest BCUT2D eigenvalue weighted by molar-refractivity contribution is -0.138. The van der Waals surface area contributed by atoms with Gasteiger partial charge < -0.3 is 20.6 Å². The molecule has 0 aliphatic carbocycles. The number of hydrogen-bond acceptors (Lipinski definition) is 4. The van der Waals surface area contributed by atoms with E-state index in [0.29, 0.717) is 6.07 Å². The molecule has 0 aromatic heterocycles. The smallest absolute Gasteiger partial charge is 0.254 e. The summed E-state index contributed by atoms with van der Waals surface area (Å²) in [6.07, 6.45) is 1.92. The zero-order valence-corrected chi connectivity index (χ0v) is 21.4. The van der Waals surface area contributed by atoms with Crippen molar-refractivity contribution in [3.63, 3.8) is 0 Å². The van der Waals surface area contributed by atoms with Gasteiger partial charge in [0.25, 0.3) is 5.91 Å². The van der Waals surface area contributed by atoms with Crippen molar-refractivity contribution >= 4 is 17.7 Å². The highest BCUT2D eigenvalue weighted by molar-refractivity contribution is 5.93. The Morgan fingerprint density at radius 3 is 2.03 bits per heavy atom. The number of nitrogens with zero attached hydrogens (tertiary/aromatic N) is 1. The predicted octanol–water partition coefficient (Wildman–Crippen LogP) is 3.54. The van der Waals surface area contributed by atoms with Gasteiger partial charge in [0.2, 0.25) is 11.8 Å². The minimum absolute atomic E-state index is 0.292. The SMILES string of the molecule is C[C@H](NC(=O)[C@@H](O)c1cc(F)cc(F)c1)C(=O)N[C@@H]1C(=O)N(C)[C@@H](c2ccccc2)C=C[C@@H]1c1ccccc1. The molecule has 3 N–H and O–H groups in total. The Balaban J connectivity index is 1.54. The first-order valence-corrected chi connectivity index (χ1v) is 12.5. The van der Waals surface area contributed by atoms with E-state index in [1.165, 1.54) is 6.92 Å². The monoisotopic (exact) mass is 533 g/mol. The molecule has 3 aromatic rings. The number of aliphatic hydroxyl groups excluding tert-OH is 1. The second kappa shape index (κ2) is 12.0. The molecule has 0 spiro atoms. The van der Waals surface area contributed by atoms with Gasteiger partial charge in [0.05, 0.1) is 6.04 Å². The summed E-state index contributed by atoms with van der Waals surface area (Å²) in [5.74, 6) is -4.41. The van der Waals surface area contributed by atoms with Crippen LogP contribution in [-0.2, 0) is 14.4 Å². The molecule has 3 aromatic carbocycles. The number of carbonyl (C=O) groups is 3. The summed E-state index contributed by atoms with van der Waals surface area (Å²) in [6, 6.07) is 18.5. The number of benzene rings is 3. The molecule has 0 saturated heterocycles. The van der Waals surface area contributed by atoms with Crippen LogP contribution >= 0.6 is 0 Å². The number of hydrogen-bond donors (Lipinski definition) is 3. The van der Waals surface area contributed by atoms with Crippen LogP contribution in [0.2, 0.25) is 0 Å². The second-order valence-electron chi connectivity index (χ2n) is 9.45. The predicted molar refractivity (Wildman–Crippen MR) is 141 cm³/mol. The molecule has 1 aliphatic heterocycles. The third-order valence-corrected chi connectivity index (χ3v) is 6.72. The van der Waals surface area contributed by atoms with Crippen LogP contribution in [0.4, 0.5) is 8.78 Å². The molecule has 0 radical (unpaired) electrons. The largest absolute Gasteiger partial charge is 0.378 e. The summed E-state index contributed by atoms with van der Waals surface area (Å²) in [5, 5.41) is 15.4. The standard InChI is InChI=1S/C30H29F2N3O4/c1-18(33-29(38)27(36)21-15-22(31)17-23(32)16-21)28(37)34-26-24(19-9-5-3-6-10-19)13-14-25(35(2)30(26)39)20-11-7-4-8-12-20/h3-18,24-27,36H,1-2H3,(H,33,38)(H,34,37)/t18-,24+,25+,26-,27-/m0/s1. The van der Waals surface area contributed by atoms with Crippen LogP contribution in [0.1, 0.15) is 41.7 Å².